The fourth-order valence-electron chi connectivity index (χ4n) is 11.2. The zero-order chi connectivity index (χ0) is 40.8. The van der Waals surface area contributed by atoms with Crippen LogP contribution >= 0.6 is 0 Å². The maximum absolute atomic E-state index is 12.4. The smallest absolute Gasteiger partial charge is 0.162 e. The van der Waals surface area contributed by atoms with Gasteiger partial charge in [-0.25, -0.2) is 0 Å². The summed E-state index contributed by atoms with van der Waals surface area (Å²) in [5.41, 5.74) is 10.4. The summed E-state index contributed by atoms with van der Waals surface area (Å²) in [6.45, 7) is 20.6. The summed E-state index contributed by atoms with van der Waals surface area (Å²) in [5.74, 6) is 1.49. The molecule has 3 nitrogen and oxygen atoms in total. The molecule has 4 aromatic rings. The van der Waals surface area contributed by atoms with E-state index in [4.69, 9.17) is 4.98 Å². The van der Waals surface area contributed by atoms with Gasteiger partial charge >= 0.3 is 0 Å². The van der Waals surface area contributed by atoms with Crippen molar-refractivity contribution < 1.29 is 30.0 Å². The molecule has 1 radical (unpaired) electrons. The fourth-order valence-corrected chi connectivity index (χ4v) is 11.2. The van der Waals surface area contributed by atoms with Gasteiger partial charge in [0, 0.05) is 49.1 Å². The number of pyridine rings is 1. The number of hydrogen-bond acceptors (Lipinski definition) is 3. The monoisotopic (exact) mass is 960 g/mol. The van der Waals surface area contributed by atoms with Crippen LogP contribution in [0, 0.1) is 48.0 Å². The van der Waals surface area contributed by atoms with Gasteiger partial charge in [0.1, 0.15) is 0 Å². The van der Waals surface area contributed by atoms with Crippen molar-refractivity contribution >= 4 is 27.5 Å². The Hall–Kier alpha value is -2.81. The van der Waals surface area contributed by atoms with Crippen LogP contribution in [-0.2, 0) is 30.3 Å². The zero-order valence-corrected chi connectivity index (χ0v) is 39.8. The van der Waals surface area contributed by atoms with E-state index in [1.54, 1.807) is 6.08 Å². The SMILES string of the molecule is CC1(C)CCC(C(=O)/C=C(\O)C2CCC(C)(C)CC2)CC1.Cc1cc(C)c2c(C3CCC4(CCCC4)CC3)cc(-c3[c-]c4ccccc4c(C(C)(C)C)c3)nc2c1.[Ir]. The molecule has 4 saturated carbocycles. The van der Waals surface area contributed by atoms with Crippen LogP contribution in [0.15, 0.2) is 60.4 Å². The van der Waals surface area contributed by atoms with Gasteiger partial charge in [0.15, 0.2) is 5.78 Å². The van der Waals surface area contributed by atoms with Crippen LogP contribution in [0.25, 0.3) is 32.9 Å². The van der Waals surface area contributed by atoms with E-state index in [0.717, 1.165) is 68.1 Å². The summed E-state index contributed by atoms with van der Waals surface area (Å²) in [7, 11) is 0. The number of fused-ring (bicyclic) bond motifs is 2. The maximum atomic E-state index is 12.4. The third kappa shape index (κ3) is 10.2. The van der Waals surface area contributed by atoms with Crippen molar-refractivity contribution in [1.82, 2.24) is 4.98 Å². The van der Waals surface area contributed by atoms with Crippen LogP contribution in [0.4, 0.5) is 0 Å². The third-order valence-electron chi connectivity index (χ3n) is 15.1. The van der Waals surface area contributed by atoms with Crippen molar-refractivity contribution in [3.8, 4) is 11.3 Å². The van der Waals surface area contributed by atoms with E-state index in [1.807, 2.05) is 0 Å². The zero-order valence-electron chi connectivity index (χ0n) is 37.4. The minimum Gasteiger partial charge on any atom is -0.512 e. The van der Waals surface area contributed by atoms with E-state index in [9.17, 15) is 9.90 Å². The molecule has 4 heteroatoms. The van der Waals surface area contributed by atoms with Crippen molar-refractivity contribution in [3.05, 3.63) is 88.7 Å². The molecule has 0 aliphatic heterocycles. The molecule has 0 bridgehead atoms. The van der Waals surface area contributed by atoms with Gasteiger partial charge < -0.3 is 5.11 Å². The number of carbonyl (C=O) groups excluding carboxylic acids is 1. The molecule has 4 aliphatic carbocycles. The number of aliphatic hydroxyl groups excluding tert-OH is 1. The molecule has 3 aromatic carbocycles. The number of hydrogen-bond donors (Lipinski definition) is 1. The van der Waals surface area contributed by atoms with Gasteiger partial charge in [-0.2, -0.15) is 0 Å². The van der Waals surface area contributed by atoms with Crippen molar-refractivity contribution in [3.63, 3.8) is 0 Å². The molecule has 0 atom stereocenters. The average molecular weight is 959 g/mol. The van der Waals surface area contributed by atoms with E-state index in [-0.39, 0.29) is 43.1 Å². The van der Waals surface area contributed by atoms with Gasteiger partial charge in [-0.15, -0.1) is 29.1 Å². The molecule has 4 aliphatic rings. The minimum absolute atomic E-state index is 0. The summed E-state index contributed by atoms with van der Waals surface area (Å²) >= 11 is 0. The number of allylic oxidation sites excluding steroid dienone is 2. The summed E-state index contributed by atoms with van der Waals surface area (Å²) in [4.78, 5) is 17.6. The molecule has 4 fully saturated rings. The van der Waals surface area contributed by atoms with Gasteiger partial charge in [0.05, 0.1) is 11.3 Å². The summed E-state index contributed by atoms with van der Waals surface area (Å²) in [5, 5.41) is 14.2. The molecule has 8 rings (SSSR count). The van der Waals surface area contributed by atoms with Crippen LogP contribution in [0.5, 0.6) is 0 Å². The number of ketones is 1. The van der Waals surface area contributed by atoms with Crippen LogP contribution in [0.3, 0.4) is 0 Å². The number of aliphatic hydroxyl groups is 1. The topological polar surface area (TPSA) is 50.2 Å². The van der Waals surface area contributed by atoms with E-state index in [1.165, 1.54) is 89.8 Å². The summed E-state index contributed by atoms with van der Waals surface area (Å²) in [6.07, 6.45) is 21.3. The van der Waals surface area contributed by atoms with Crippen LogP contribution in [0.1, 0.15) is 179 Å². The second kappa shape index (κ2) is 17.7. The molecule has 0 unspecified atom stereocenters. The van der Waals surface area contributed by atoms with Gasteiger partial charge in [0.2, 0.25) is 0 Å². The molecule has 0 saturated heterocycles. The number of aryl methyl sites for hydroxylation is 2. The van der Waals surface area contributed by atoms with Crippen molar-refractivity contribution in [2.24, 2.45) is 28.1 Å². The Morgan fingerprint density at radius 2 is 1.36 bits per heavy atom. The molecule has 58 heavy (non-hydrogen) atoms. The fraction of sp³-hybridized carbons (Fsp3) is 0.593. The molecular formula is C54H72IrNO2-. The van der Waals surface area contributed by atoms with Gasteiger partial charge in [-0.1, -0.05) is 103 Å². The Kier molecular flexibility index (Phi) is 13.6. The Morgan fingerprint density at radius 1 is 0.776 bits per heavy atom. The van der Waals surface area contributed by atoms with Crippen LogP contribution in [-0.4, -0.2) is 15.9 Å². The first kappa shape index (κ1) is 44.7. The standard InChI is InChI=1S/C35H40N.C19H32O2.Ir/c1-23-18-24(2)33-29(25-12-16-35(17-13-25)14-8-9-15-35)22-31(36-32(33)19-23)27-20-26-10-6-7-11-28(26)30(21-27)34(3,4)5;1-18(2)9-5-14(6-10-18)16(20)13-17(21)15-7-11-19(3,4)12-8-15;/h6-7,10-11,18-19,21-22,25H,8-9,12-17H2,1-5H3;13-15,20H,5-12H2,1-4H3;/q-1;;/b;16-13-;. The molecule has 1 aromatic heterocycles. The first-order chi connectivity index (χ1) is 26.9. The van der Waals surface area contributed by atoms with Crippen molar-refractivity contribution in [1.29, 1.82) is 0 Å². The number of rotatable bonds is 5. The summed E-state index contributed by atoms with van der Waals surface area (Å²) < 4.78 is 0. The average Bonchev–Trinajstić information content (AvgIpc) is 3.61. The predicted molar refractivity (Wildman–Crippen MR) is 241 cm³/mol. The Labute approximate surface area is 365 Å². The van der Waals surface area contributed by atoms with Crippen molar-refractivity contribution in [2.75, 3.05) is 0 Å². The molecule has 315 valence electrons. The Balaban J connectivity index is 0.000000221. The van der Waals surface area contributed by atoms with Gasteiger partial charge in [-0.3, -0.25) is 9.78 Å². The largest absolute Gasteiger partial charge is 0.512 e. The maximum Gasteiger partial charge on any atom is 0.162 e. The molecule has 1 spiro atoms. The third-order valence-corrected chi connectivity index (χ3v) is 15.1. The van der Waals surface area contributed by atoms with Crippen LogP contribution in [0.2, 0.25) is 0 Å². The van der Waals surface area contributed by atoms with Gasteiger partial charge in [-0.05, 0) is 154 Å². The predicted octanol–water partition coefficient (Wildman–Crippen LogP) is 15.4. The number of nitrogens with zero attached hydrogens (tertiary/aromatic N) is 1. The number of carbonyl (C=O) groups is 1. The normalized spacial score (nSPS) is 21.4. The minimum atomic E-state index is 0. The molecule has 1 heterocycles. The van der Waals surface area contributed by atoms with Crippen molar-refractivity contribution in [2.45, 2.75) is 176 Å². The summed E-state index contributed by atoms with van der Waals surface area (Å²) in [6, 6.07) is 21.9. The quantitative estimate of drug-likeness (QED) is 0.123. The van der Waals surface area contributed by atoms with Gasteiger partial charge in [0.25, 0.3) is 0 Å². The van der Waals surface area contributed by atoms with E-state index >= 15 is 0 Å². The molecular weight excluding hydrogens is 887 g/mol. The second-order valence-corrected chi connectivity index (χ2v) is 21.8. The second-order valence-electron chi connectivity index (χ2n) is 21.8. The number of aromatic nitrogens is 1. The van der Waals surface area contributed by atoms with E-state index < -0.39 is 0 Å². The van der Waals surface area contributed by atoms with E-state index in [0.29, 0.717) is 27.9 Å². The molecule has 0 amide bonds. The Morgan fingerprint density at radius 3 is 1.97 bits per heavy atom. The van der Waals surface area contributed by atoms with Crippen LogP contribution < -0.4 is 0 Å². The Bertz CT molecular complexity index is 2100. The molecule has 1 N–H and O–H groups in total. The first-order valence-electron chi connectivity index (χ1n) is 22.7. The first-order valence-corrected chi connectivity index (χ1v) is 22.7. The number of benzene rings is 3. The van der Waals surface area contributed by atoms with E-state index in [2.05, 4.69) is 117 Å².